The Morgan fingerprint density at radius 3 is 2.30 bits per heavy atom. The predicted octanol–water partition coefficient (Wildman–Crippen LogP) is 2.18. The molecule has 2 aliphatic rings. The maximum atomic E-state index is 11.4. The number of hydrogen-bond acceptors (Lipinski definition) is 6. The van der Waals surface area contributed by atoms with Crippen LogP contribution in [-0.2, 0) is 9.59 Å². The van der Waals surface area contributed by atoms with E-state index in [1.54, 1.807) is 0 Å². The largest absolute Gasteiger partial charge is 0.477 e. The second-order valence-electron chi connectivity index (χ2n) is 6.68. The topological polar surface area (TPSA) is 81.1 Å². The highest BCUT2D eigenvalue weighted by molar-refractivity contribution is 8.26. The maximum Gasteiger partial charge on any atom is 0.344 e. The molecule has 2 saturated heterocycles. The van der Waals surface area contributed by atoms with Gasteiger partial charge in [0.15, 0.2) is 5.57 Å². The summed E-state index contributed by atoms with van der Waals surface area (Å²) in [5.41, 5.74) is -0.620. The Hall–Kier alpha value is -0.700. The summed E-state index contributed by atoms with van der Waals surface area (Å²) in [5.74, 6) is -2.75. The first kappa shape index (κ1) is 18.6. The number of piperazine rings is 1. The van der Waals surface area contributed by atoms with Gasteiger partial charge in [0.1, 0.15) is 4.87 Å². The van der Waals surface area contributed by atoms with Crippen LogP contribution in [0, 0.1) is 5.41 Å². The molecule has 0 radical (unpaired) electrons. The number of nitrogens with zero attached hydrogens (tertiary/aromatic N) is 2. The fourth-order valence-corrected chi connectivity index (χ4v) is 7.34. The summed E-state index contributed by atoms with van der Waals surface area (Å²) in [4.78, 5) is 27.0. The lowest BCUT2D eigenvalue weighted by Crippen LogP contribution is -2.67. The zero-order valence-electron chi connectivity index (χ0n) is 14.1. The van der Waals surface area contributed by atoms with E-state index < -0.39 is 17.5 Å². The highest BCUT2D eigenvalue weighted by atomic mass is 32.2. The van der Waals surface area contributed by atoms with E-state index in [-0.39, 0.29) is 15.7 Å². The van der Waals surface area contributed by atoms with Gasteiger partial charge in [0.25, 0.3) is 0 Å². The van der Waals surface area contributed by atoms with Crippen molar-refractivity contribution in [2.75, 3.05) is 27.2 Å². The number of hydrogen-bond donors (Lipinski definition) is 2. The SMILES string of the molecule is CCC(C)(C)C12SC(=C(C(=O)O)C(=O)O)SC1N(C)CCN2C. The van der Waals surface area contributed by atoms with Crippen LogP contribution in [0.1, 0.15) is 27.2 Å². The second kappa shape index (κ2) is 6.31. The average Bonchev–Trinajstić information content (AvgIpc) is 2.85. The number of carboxylic acid groups (broad SMARTS) is 2. The van der Waals surface area contributed by atoms with Crippen molar-refractivity contribution in [2.24, 2.45) is 5.41 Å². The molecule has 0 aromatic rings. The molecule has 2 fully saturated rings. The summed E-state index contributed by atoms with van der Waals surface area (Å²) in [6, 6.07) is 0. The highest BCUT2D eigenvalue weighted by Gasteiger charge is 2.61. The van der Waals surface area contributed by atoms with Crippen molar-refractivity contribution in [1.29, 1.82) is 0 Å². The van der Waals surface area contributed by atoms with Crippen LogP contribution in [-0.4, -0.2) is 69.4 Å². The third-order valence-electron chi connectivity index (χ3n) is 5.04. The van der Waals surface area contributed by atoms with Gasteiger partial charge in [-0.2, -0.15) is 0 Å². The van der Waals surface area contributed by atoms with Gasteiger partial charge in [0.05, 0.1) is 9.61 Å². The molecule has 0 spiro atoms. The van der Waals surface area contributed by atoms with Gasteiger partial charge in [0.2, 0.25) is 0 Å². The average molecular weight is 361 g/mol. The molecular weight excluding hydrogens is 336 g/mol. The van der Waals surface area contributed by atoms with E-state index in [9.17, 15) is 19.8 Å². The Balaban J connectivity index is 2.62. The molecule has 2 unspecified atom stereocenters. The minimum Gasteiger partial charge on any atom is -0.477 e. The molecule has 0 aromatic heterocycles. The van der Waals surface area contributed by atoms with E-state index in [0.29, 0.717) is 4.24 Å². The standard InChI is InChI=1S/C15H24N2O4S2/c1-6-14(2,3)15-13(16(4)7-8-17(15)5)22-12(23-15)9(10(18)19)11(20)21/h13H,6-8H2,1-5H3,(H,18,19)(H,20,21). The van der Waals surface area contributed by atoms with Crippen molar-refractivity contribution >= 4 is 35.5 Å². The van der Waals surface area contributed by atoms with Gasteiger partial charge < -0.3 is 10.2 Å². The second-order valence-corrected chi connectivity index (χ2v) is 9.26. The summed E-state index contributed by atoms with van der Waals surface area (Å²) in [6.45, 7) is 8.21. The molecule has 0 bridgehead atoms. The number of carbonyl (C=O) groups is 2. The molecule has 2 N–H and O–H groups in total. The van der Waals surface area contributed by atoms with Gasteiger partial charge in [-0.3, -0.25) is 9.80 Å². The summed E-state index contributed by atoms with van der Waals surface area (Å²) < 4.78 is 0.400. The van der Waals surface area contributed by atoms with Gasteiger partial charge in [-0.1, -0.05) is 44.3 Å². The number of fused-ring (bicyclic) bond motifs is 1. The first-order valence-corrected chi connectivity index (χ1v) is 9.26. The summed E-state index contributed by atoms with van der Waals surface area (Å²) >= 11 is 2.79. The molecule has 2 atom stereocenters. The smallest absolute Gasteiger partial charge is 0.344 e. The Morgan fingerprint density at radius 1 is 1.26 bits per heavy atom. The van der Waals surface area contributed by atoms with E-state index in [2.05, 4.69) is 37.6 Å². The highest BCUT2D eigenvalue weighted by Crippen LogP contribution is 2.65. The quantitative estimate of drug-likeness (QED) is 0.449. The van der Waals surface area contributed by atoms with Crippen LogP contribution >= 0.6 is 23.5 Å². The van der Waals surface area contributed by atoms with E-state index in [0.717, 1.165) is 19.5 Å². The van der Waals surface area contributed by atoms with Gasteiger partial charge in [-0.25, -0.2) is 9.59 Å². The summed E-state index contributed by atoms with van der Waals surface area (Å²) in [7, 11) is 4.07. The fourth-order valence-electron chi connectivity index (χ4n) is 3.26. The van der Waals surface area contributed by atoms with Crippen molar-refractivity contribution in [3.63, 3.8) is 0 Å². The third kappa shape index (κ3) is 2.79. The van der Waals surface area contributed by atoms with Gasteiger partial charge >= 0.3 is 11.9 Å². The number of likely N-dealkylation sites (N-methyl/N-ethyl adjacent to an activating group) is 2. The van der Waals surface area contributed by atoms with Crippen LogP contribution in [0.4, 0.5) is 0 Å². The lowest BCUT2D eigenvalue weighted by molar-refractivity contribution is -0.140. The lowest BCUT2D eigenvalue weighted by atomic mass is 9.79. The molecular formula is C15H24N2O4S2. The maximum absolute atomic E-state index is 11.4. The summed E-state index contributed by atoms with van der Waals surface area (Å²) in [6.07, 6.45) is 0.915. The Labute approximate surface area is 145 Å². The fraction of sp³-hybridized carbons (Fsp3) is 0.733. The normalized spacial score (nSPS) is 29.4. The minimum absolute atomic E-state index is 0.0184. The van der Waals surface area contributed by atoms with Crippen molar-refractivity contribution in [3.05, 3.63) is 9.81 Å². The molecule has 23 heavy (non-hydrogen) atoms. The molecule has 0 saturated carbocycles. The number of rotatable bonds is 4. The molecule has 0 aromatic carbocycles. The van der Waals surface area contributed by atoms with Crippen molar-refractivity contribution < 1.29 is 19.8 Å². The van der Waals surface area contributed by atoms with Gasteiger partial charge in [-0.15, -0.1) is 0 Å². The van der Waals surface area contributed by atoms with Gasteiger partial charge in [0, 0.05) is 13.1 Å². The molecule has 0 aliphatic carbocycles. The van der Waals surface area contributed by atoms with E-state index in [4.69, 9.17) is 0 Å². The number of carboxylic acids is 2. The lowest BCUT2D eigenvalue weighted by Gasteiger charge is -2.56. The zero-order valence-corrected chi connectivity index (χ0v) is 15.8. The number of thioether (sulfide) groups is 2. The molecule has 8 heteroatoms. The van der Waals surface area contributed by atoms with Crippen molar-refractivity contribution in [3.8, 4) is 0 Å². The zero-order chi connectivity index (χ0) is 17.6. The van der Waals surface area contributed by atoms with E-state index in [1.807, 2.05) is 7.05 Å². The van der Waals surface area contributed by atoms with Crippen molar-refractivity contribution in [2.45, 2.75) is 37.4 Å². The number of aliphatic carboxylic acids is 2. The minimum atomic E-state index is -1.37. The molecule has 2 heterocycles. The third-order valence-corrected chi connectivity index (χ3v) is 8.86. The monoisotopic (exact) mass is 360 g/mol. The van der Waals surface area contributed by atoms with E-state index in [1.165, 1.54) is 23.5 Å². The Kier molecular flexibility index (Phi) is 5.11. The van der Waals surface area contributed by atoms with Crippen LogP contribution in [0.15, 0.2) is 9.81 Å². The first-order chi connectivity index (χ1) is 10.6. The van der Waals surface area contributed by atoms with Crippen LogP contribution in [0.25, 0.3) is 0 Å². The Bertz CT molecular complexity index is 548. The van der Waals surface area contributed by atoms with Crippen LogP contribution in [0.5, 0.6) is 0 Å². The van der Waals surface area contributed by atoms with Crippen LogP contribution < -0.4 is 0 Å². The molecule has 0 amide bonds. The molecule has 130 valence electrons. The van der Waals surface area contributed by atoms with Crippen LogP contribution in [0.3, 0.4) is 0 Å². The van der Waals surface area contributed by atoms with Crippen molar-refractivity contribution in [1.82, 2.24) is 9.80 Å². The molecule has 6 nitrogen and oxygen atoms in total. The first-order valence-electron chi connectivity index (χ1n) is 7.56. The summed E-state index contributed by atoms with van der Waals surface area (Å²) in [5, 5.41) is 18.7. The predicted molar refractivity (Wildman–Crippen MR) is 93.3 cm³/mol. The van der Waals surface area contributed by atoms with Crippen LogP contribution in [0.2, 0.25) is 0 Å². The van der Waals surface area contributed by atoms with Gasteiger partial charge in [-0.05, 0) is 25.9 Å². The molecule has 2 aliphatic heterocycles. The molecule has 2 rings (SSSR count). The Morgan fingerprint density at radius 2 is 1.83 bits per heavy atom. The van der Waals surface area contributed by atoms with E-state index >= 15 is 0 Å².